The molecule has 0 aromatic rings. The molecular weight excluding hydrogens is 154 g/mol. The Labute approximate surface area is 74.7 Å². The molecule has 0 spiro atoms. The summed E-state index contributed by atoms with van der Waals surface area (Å²) >= 11 is 0. The van der Waals surface area contributed by atoms with E-state index in [0.29, 0.717) is 0 Å². The molecule has 0 atom stereocenters. The molecule has 12 heavy (non-hydrogen) atoms. The third-order valence-electron chi connectivity index (χ3n) is 0.609. The van der Waals surface area contributed by atoms with Gasteiger partial charge in [-0.2, -0.15) is 5.10 Å². The third-order valence-corrected chi connectivity index (χ3v) is 0.609. The Balaban J connectivity index is 0. The summed E-state index contributed by atoms with van der Waals surface area (Å²) in [5, 5.41) is 7.33. The summed E-state index contributed by atoms with van der Waals surface area (Å²) in [5.41, 5.74) is 4.65. The van der Waals surface area contributed by atoms with Crippen molar-refractivity contribution in [2.75, 3.05) is 14.2 Å². The van der Waals surface area contributed by atoms with E-state index in [1.54, 1.807) is 7.05 Å². The second-order valence-corrected chi connectivity index (χ2v) is 2.50. The number of nitrogens with one attached hydrogen (secondary N) is 1. The van der Waals surface area contributed by atoms with Gasteiger partial charge < -0.3 is 10.3 Å². The van der Waals surface area contributed by atoms with Crippen molar-refractivity contribution in [1.82, 2.24) is 5.43 Å². The van der Waals surface area contributed by atoms with E-state index in [2.05, 4.69) is 20.5 Å². The van der Waals surface area contributed by atoms with Crippen LogP contribution in [0.25, 0.3) is 0 Å². The van der Waals surface area contributed by atoms with Gasteiger partial charge in [0.15, 0.2) is 0 Å². The Morgan fingerprint density at radius 1 is 1.08 bits per heavy atom. The van der Waals surface area contributed by atoms with Gasteiger partial charge in [0, 0.05) is 12.8 Å². The monoisotopic (exact) mass is 173 g/mol. The second-order valence-electron chi connectivity index (χ2n) is 2.50. The summed E-state index contributed by atoms with van der Waals surface area (Å²) in [6.07, 6.45) is 0. The van der Waals surface area contributed by atoms with Crippen molar-refractivity contribution in [2.45, 2.75) is 27.7 Å². The van der Waals surface area contributed by atoms with Gasteiger partial charge in [0.05, 0.1) is 5.71 Å². The van der Waals surface area contributed by atoms with Crippen molar-refractivity contribution in [3.05, 3.63) is 0 Å². The van der Waals surface area contributed by atoms with Gasteiger partial charge in [-0.25, -0.2) is 0 Å². The zero-order chi connectivity index (χ0) is 9.98. The van der Waals surface area contributed by atoms with E-state index in [9.17, 15) is 0 Å². The quantitative estimate of drug-likeness (QED) is 0.509. The third kappa shape index (κ3) is 23.1. The highest BCUT2D eigenvalue weighted by Gasteiger charge is 1.69. The van der Waals surface area contributed by atoms with Crippen LogP contribution in [0.2, 0.25) is 0 Å². The number of oxime groups is 1. The molecule has 0 aliphatic carbocycles. The molecule has 0 aromatic carbocycles. The maximum Gasteiger partial charge on any atom is 0.106 e. The van der Waals surface area contributed by atoms with E-state index in [1.165, 1.54) is 7.11 Å². The van der Waals surface area contributed by atoms with Crippen molar-refractivity contribution in [2.24, 2.45) is 10.3 Å². The van der Waals surface area contributed by atoms with Crippen LogP contribution >= 0.6 is 0 Å². The number of hydrogen-bond acceptors (Lipinski definition) is 4. The average Bonchev–Trinajstić information content (AvgIpc) is 1.87. The molecule has 4 heteroatoms. The van der Waals surface area contributed by atoms with Crippen LogP contribution in [0.3, 0.4) is 0 Å². The van der Waals surface area contributed by atoms with Crippen LogP contribution in [0.4, 0.5) is 0 Å². The Morgan fingerprint density at radius 3 is 1.58 bits per heavy atom. The van der Waals surface area contributed by atoms with Crippen molar-refractivity contribution in [1.29, 1.82) is 0 Å². The molecule has 4 nitrogen and oxygen atoms in total. The molecule has 0 saturated heterocycles. The summed E-state index contributed by atoms with van der Waals surface area (Å²) < 4.78 is 0. The average molecular weight is 173 g/mol. The summed E-state index contributed by atoms with van der Waals surface area (Å²) in [6.45, 7) is 7.64. The molecule has 0 heterocycles. The van der Waals surface area contributed by atoms with Crippen molar-refractivity contribution in [3.8, 4) is 0 Å². The highest BCUT2D eigenvalue weighted by Crippen LogP contribution is 1.71. The Hall–Kier alpha value is -1.06. The first-order valence-corrected chi connectivity index (χ1v) is 3.76. The minimum absolute atomic E-state index is 0.942. The number of rotatable bonds is 2. The van der Waals surface area contributed by atoms with Crippen LogP contribution in [0, 0.1) is 0 Å². The van der Waals surface area contributed by atoms with Crippen LogP contribution in [-0.2, 0) is 4.84 Å². The first-order chi connectivity index (χ1) is 5.54. The molecule has 0 aliphatic rings. The largest absolute Gasteiger partial charge is 0.399 e. The van der Waals surface area contributed by atoms with Crippen LogP contribution in [0.5, 0.6) is 0 Å². The Kier molecular flexibility index (Phi) is 11.2. The van der Waals surface area contributed by atoms with E-state index in [4.69, 9.17) is 0 Å². The van der Waals surface area contributed by atoms with Crippen molar-refractivity contribution in [3.63, 3.8) is 0 Å². The SMILES string of the molecule is CNN=C(C)C.CON=C(C)C. The van der Waals surface area contributed by atoms with Crippen molar-refractivity contribution >= 4 is 11.4 Å². The summed E-state index contributed by atoms with van der Waals surface area (Å²) in [4.78, 5) is 4.39. The first-order valence-electron chi connectivity index (χ1n) is 3.76. The first kappa shape index (κ1) is 13.5. The van der Waals surface area contributed by atoms with Gasteiger partial charge in [-0.3, -0.25) is 0 Å². The second kappa shape index (κ2) is 9.94. The summed E-state index contributed by atoms with van der Waals surface area (Å²) in [7, 11) is 3.32. The molecule has 0 bridgehead atoms. The number of hydrogen-bond donors (Lipinski definition) is 1. The van der Waals surface area contributed by atoms with Crippen LogP contribution in [0.15, 0.2) is 10.3 Å². The zero-order valence-corrected chi connectivity index (χ0v) is 8.80. The Morgan fingerprint density at radius 2 is 1.58 bits per heavy atom. The highest BCUT2D eigenvalue weighted by atomic mass is 16.6. The van der Waals surface area contributed by atoms with Gasteiger partial charge in [-0.1, -0.05) is 5.16 Å². The van der Waals surface area contributed by atoms with E-state index in [-0.39, 0.29) is 0 Å². The molecule has 0 fully saturated rings. The van der Waals surface area contributed by atoms with Gasteiger partial charge >= 0.3 is 0 Å². The standard InChI is InChI=1S/C4H10N2.C4H9NO/c1-4(2)6-5-3;1-4(2)5-6-3/h5H,1-3H3;1-3H3. The number of nitrogens with zero attached hydrogens (tertiary/aromatic N) is 2. The molecule has 1 N–H and O–H groups in total. The molecule has 72 valence electrons. The van der Waals surface area contributed by atoms with Gasteiger partial charge in [0.1, 0.15) is 7.11 Å². The summed E-state index contributed by atoms with van der Waals surface area (Å²) in [5.74, 6) is 0. The van der Waals surface area contributed by atoms with Gasteiger partial charge in [0.2, 0.25) is 0 Å². The smallest absolute Gasteiger partial charge is 0.106 e. The van der Waals surface area contributed by atoms with Gasteiger partial charge in [-0.15, -0.1) is 0 Å². The fourth-order valence-corrected chi connectivity index (χ4v) is 0.406. The molecule has 0 radical (unpaired) electrons. The molecule has 0 saturated carbocycles. The van der Waals surface area contributed by atoms with E-state index in [1.807, 2.05) is 27.7 Å². The maximum atomic E-state index is 4.39. The molecule has 0 amide bonds. The fraction of sp³-hybridized carbons (Fsp3) is 0.750. The predicted octanol–water partition coefficient (Wildman–Crippen LogP) is 1.63. The topological polar surface area (TPSA) is 46.0 Å². The highest BCUT2D eigenvalue weighted by molar-refractivity contribution is 5.78. The molecule has 0 rings (SSSR count). The molecule has 0 unspecified atom stereocenters. The van der Waals surface area contributed by atoms with Crippen LogP contribution < -0.4 is 5.43 Å². The van der Waals surface area contributed by atoms with E-state index >= 15 is 0 Å². The number of hydrazone groups is 1. The van der Waals surface area contributed by atoms with Crippen LogP contribution in [0.1, 0.15) is 27.7 Å². The fourth-order valence-electron chi connectivity index (χ4n) is 0.406. The minimum atomic E-state index is 0.942. The van der Waals surface area contributed by atoms with Crippen molar-refractivity contribution < 1.29 is 4.84 Å². The van der Waals surface area contributed by atoms with Gasteiger partial charge in [0.25, 0.3) is 0 Å². The lowest BCUT2D eigenvalue weighted by molar-refractivity contribution is 0.213. The van der Waals surface area contributed by atoms with Gasteiger partial charge in [-0.05, 0) is 27.7 Å². The molecule has 0 aliphatic heterocycles. The molecular formula is C8H19N3O. The summed E-state index contributed by atoms with van der Waals surface area (Å²) in [6, 6.07) is 0. The van der Waals surface area contributed by atoms with E-state index < -0.39 is 0 Å². The normalized spacial score (nSPS) is 7.17. The maximum absolute atomic E-state index is 4.39. The predicted molar refractivity (Wildman–Crippen MR) is 53.6 cm³/mol. The lowest BCUT2D eigenvalue weighted by Gasteiger charge is -1.84. The Bertz CT molecular complexity index is 126. The lowest BCUT2D eigenvalue weighted by atomic mass is 10.5. The minimum Gasteiger partial charge on any atom is -0.399 e. The zero-order valence-electron chi connectivity index (χ0n) is 8.80. The lowest BCUT2D eigenvalue weighted by Crippen LogP contribution is -1.96. The van der Waals surface area contributed by atoms with Crippen LogP contribution in [-0.4, -0.2) is 25.6 Å². The molecule has 0 aromatic heterocycles. The van der Waals surface area contributed by atoms with E-state index in [0.717, 1.165) is 11.4 Å².